The number of anilines is 1. The van der Waals surface area contributed by atoms with Gasteiger partial charge in [-0.15, -0.1) is 11.3 Å². The number of carbonyl (C=O) groups is 2. The van der Waals surface area contributed by atoms with Crippen molar-refractivity contribution in [3.8, 4) is 0 Å². The molecule has 0 aromatic carbocycles. The summed E-state index contributed by atoms with van der Waals surface area (Å²) >= 11 is 1.26. The largest absolute Gasteiger partial charge is 0.466 e. The molecule has 0 amide bonds. The van der Waals surface area contributed by atoms with E-state index in [2.05, 4.69) is 4.98 Å². The lowest BCUT2D eigenvalue weighted by molar-refractivity contribution is -0.146. The van der Waals surface area contributed by atoms with Crippen molar-refractivity contribution in [3.63, 3.8) is 0 Å². The van der Waals surface area contributed by atoms with E-state index >= 15 is 0 Å². The number of hydrogen-bond acceptors (Lipinski definition) is 7. The van der Waals surface area contributed by atoms with Crippen LogP contribution < -0.4 is 5.73 Å². The SMILES string of the molecule is CCOC(=O)CCC(C(=O)OCC)c1csc(N)n1. The molecule has 0 spiro atoms. The number of nitrogen functional groups attached to an aromatic ring is 1. The lowest BCUT2D eigenvalue weighted by Gasteiger charge is -2.12. The Morgan fingerprint density at radius 3 is 2.58 bits per heavy atom. The van der Waals surface area contributed by atoms with Gasteiger partial charge in [0, 0.05) is 11.8 Å². The summed E-state index contributed by atoms with van der Waals surface area (Å²) in [4.78, 5) is 27.3. The van der Waals surface area contributed by atoms with Crippen LogP contribution in [0.15, 0.2) is 5.38 Å². The molecule has 1 atom stereocenters. The Balaban J connectivity index is 2.70. The van der Waals surface area contributed by atoms with Gasteiger partial charge in [0.15, 0.2) is 5.13 Å². The summed E-state index contributed by atoms with van der Waals surface area (Å²) in [6.45, 7) is 4.08. The van der Waals surface area contributed by atoms with Crippen molar-refractivity contribution < 1.29 is 19.1 Å². The monoisotopic (exact) mass is 286 g/mol. The maximum absolute atomic E-state index is 11.9. The van der Waals surface area contributed by atoms with Gasteiger partial charge in [0.2, 0.25) is 0 Å². The quantitative estimate of drug-likeness (QED) is 0.767. The molecular formula is C12H18N2O4S. The average Bonchev–Trinajstić information content (AvgIpc) is 2.77. The fourth-order valence-corrected chi connectivity index (χ4v) is 2.20. The highest BCUT2D eigenvalue weighted by Gasteiger charge is 2.25. The Morgan fingerprint density at radius 2 is 2.05 bits per heavy atom. The lowest BCUT2D eigenvalue weighted by atomic mass is 10.0. The molecule has 19 heavy (non-hydrogen) atoms. The van der Waals surface area contributed by atoms with E-state index in [0.717, 1.165) is 0 Å². The molecule has 0 bridgehead atoms. The van der Waals surface area contributed by atoms with E-state index in [9.17, 15) is 9.59 Å². The fourth-order valence-electron chi connectivity index (χ4n) is 1.59. The minimum absolute atomic E-state index is 0.148. The third-order valence-electron chi connectivity index (χ3n) is 2.41. The number of ether oxygens (including phenoxy) is 2. The highest BCUT2D eigenvalue weighted by atomic mass is 32.1. The van der Waals surface area contributed by atoms with Gasteiger partial charge in [0.1, 0.15) is 5.92 Å². The molecule has 7 heteroatoms. The first-order valence-corrected chi connectivity index (χ1v) is 6.99. The van der Waals surface area contributed by atoms with E-state index < -0.39 is 11.9 Å². The standard InChI is InChI=1S/C12H18N2O4S/c1-3-17-10(15)6-5-8(11(16)18-4-2)9-7-19-12(13)14-9/h7-8H,3-6H2,1-2H3,(H2,13,14). The van der Waals surface area contributed by atoms with Gasteiger partial charge >= 0.3 is 11.9 Å². The third-order valence-corrected chi connectivity index (χ3v) is 3.10. The Hall–Kier alpha value is -1.63. The summed E-state index contributed by atoms with van der Waals surface area (Å²) in [5.41, 5.74) is 6.10. The topological polar surface area (TPSA) is 91.5 Å². The number of esters is 2. The van der Waals surface area contributed by atoms with Crippen molar-refractivity contribution >= 4 is 28.4 Å². The molecule has 1 rings (SSSR count). The zero-order valence-corrected chi connectivity index (χ0v) is 11.9. The Labute approximate surface area is 115 Å². The Bertz CT molecular complexity index is 433. The van der Waals surface area contributed by atoms with Crippen LogP contribution in [0.5, 0.6) is 0 Å². The van der Waals surface area contributed by atoms with Crippen LogP contribution in [0.4, 0.5) is 5.13 Å². The van der Waals surface area contributed by atoms with Gasteiger partial charge in [-0.1, -0.05) is 0 Å². The van der Waals surface area contributed by atoms with Crippen LogP contribution in [0.25, 0.3) is 0 Å². The zero-order valence-electron chi connectivity index (χ0n) is 11.0. The number of thiazole rings is 1. The number of aromatic nitrogens is 1. The molecule has 1 unspecified atom stereocenters. The molecule has 6 nitrogen and oxygen atoms in total. The van der Waals surface area contributed by atoms with Crippen molar-refractivity contribution in [3.05, 3.63) is 11.1 Å². The molecular weight excluding hydrogens is 268 g/mol. The molecule has 0 fully saturated rings. The summed E-state index contributed by atoms with van der Waals surface area (Å²) in [6, 6.07) is 0. The zero-order chi connectivity index (χ0) is 14.3. The van der Waals surface area contributed by atoms with Gasteiger partial charge in [-0.25, -0.2) is 4.98 Å². The lowest BCUT2D eigenvalue weighted by Crippen LogP contribution is -2.18. The first-order valence-electron chi connectivity index (χ1n) is 6.11. The van der Waals surface area contributed by atoms with Crippen molar-refractivity contribution in [2.75, 3.05) is 18.9 Å². The highest BCUT2D eigenvalue weighted by molar-refractivity contribution is 7.13. The second kappa shape index (κ2) is 7.73. The van der Waals surface area contributed by atoms with E-state index in [1.165, 1.54) is 11.3 Å². The van der Waals surface area contributed by atoms with Crippen molar-refractivity contribution in [1.29, 1.82) is 0 Å². The minimum atomic E-state index is -0.571. The first-order chi connectivity index (χ1) is 9.08. The van der Waals surface area contributed by atoms with Gasteiger partial charge in [-0.3, -0.25) is 9.59 Å². The number of carbonyl (C=O) groups excluding carboxylic acids is 2. The maximum Gasteiger partial charge on any atom is 0.315 e. The number of hydrogen-bond donors (Lipinski definition) is 1. The molecule has 106 valence electrons. The van der Waals surface area contributed by atoms with Crippen LogP contribution in [-0.4, -0.2) is 30.1 Å². The summed E-state index contributed by atoms with van der Waals surface area (Å²) < 4.78 is 9.83. The number of rotatable bonds is 7. The van der Waals surface area contributed by atoms with Crippen LogP contribution in [0.1, 0.15) is 38.3 Å². The first kappa shape index (κ1) is 15.4. The maximum atomic E-state index is 11.9. The Morgan fingerprint density at radius 1 is 1.37 bits per heavy atom. The third kappa shape index (κ3) is 4.86. The van der Waals surface area contributed by atoms with Crippen LogP contribution >= 0.6 is 11.3 Å². The van der Waals surface area contributed by atoms with E-state index in [1.807, 2.05) is 0 Å². The Kier molecular flexibility index (Phi) is 6.27. The predicted octanol–water partition coefficient (Wildman–Crippen LogP) is 1.72. The van der Waals surface area contributed by atoms with Gasteiger partial charge in [0.05, 0.1) is 18.9 Å². The average molecular weight is 286 g/mol. The molecule has 0 aliphatic heterocycles. The summed E-state index contributed by atoms with van der Waals surface area (Å²) in [7, 11) is 0. The molecule has 1 heterocycles. The molecule has 0 aliphatic carbocycles. The van der Waals surface area contributed by atoms with Gasteiger partial charge < -0.3 is 15.2 Å². The summed E-state index contributed by atoms with van der Waals surface area (Å²) in [5, 5.41) is 2.10. The van der Waals surface area contributed by atoms with Crippen LogP contribution in [0, 0.1) is 0 Å². The van der Waals surface area contributed by atoms with Gasteiger partial charge in [-0.2, -0.15) is 0 Å². The number of nitrogens with two attached hydrogens (primary N) is 1. The molecule has 1 aromatic rings. The van der Waals surface area contributed by atoms with Crippen LogP contribution in [0.2, 0.25) is 0 Å². The number of nitrogens with zero attached hydrogens (tertiary/aromatic N) is 1. The van der Waals surface area contributed by atoms with E-state index in [0.29, 0.717) is 23.9 Å². The molecule has 1 aromatic heterocycles. The van der Waals surface area contributed by atoms with Crippen molar-refractivity contribution in [1.82, 2.24) is 4.98 Å². The van der Waals surface area contributed by atoms with Crippen LogP contribution in [-0.2, 0) is 19.1 Å². The minimum Gasteiger partial charge on any atom is -0.466 e. The molecule has 0 saturated carbocycles. The molecule has 0 saturated heterocycles. The van der Waals surface area contributed by atoms with E-state index in [4.69, 9.17) is 15.2 Å². The van der Waals surface area contributed by atoms with Crippen molar-refractivity contribution in [2.24, 2.45) is 0 Å². The second-order valence-electron chi connectivity index (χ2n) is 3.76. The predicted molar refractivity (Wildman–Crippen MR) is 71.8 cm³/mol. The van der Waals surface area contributed by atoms with Crippen LogP contribution in [0.3, 0.4) is 0 Å². The smallest absolute Gasteiger partial charge is 0.315 e. The highest BCUT2D eigenvalue weighted by Crippen LogP contribution is 2.25. The molecule has 2 N–H and O–H groups in total. The van der Waals surface area contributed by atoms with Gasteiger partial charge in [0.25, 0.3) is 0 Å². The summed E-state index contributed by atoms with van der Waals surface area (Å²) in [5.74, 6) is -1.30. The van der Waals surface area contributed by atoms with Crippen molar-refractivity contribution in [2.45, 2.75) is 32.6 Å². The molecule has 0 radical (unpaired) electrons. The summed E-state index contributed by atoms with van der Waals surface area (Å²) in [6.07, 6.45) is 0.454. The fraction of sp³-hybridized carbons (Fsp3) is 0.583. The van der Waals surface area contributed by atoms with Gasteiger partial charge in [-0.05, 0) is 20.3 Å². The molecule has 0 aliphatic rings. The second-order valence-corrected chi connectivity index (χ2v) is 4.65. The van der Waals surface area contributed by atoms with E-state index in [-0.39, 0.29) is 19.0 Å². The normalized spacial score (nSPS) is 11.9. The van der Waals surface area contributed by atoms with E-state index in [1.54, 1.807) is 19.2 Å².